The quantitative estimate of drug-likeness (QED) is 0.172. The molecule has 2 aliphatic rings. The second-order valence-electron chi connectivity index (χ2n) is 13.4. The van der Waals surface area contributed by atoms with Crippen molar-refractivity contribution in [1.29, 1.82) is 0 Å². The van der Waals surface area contributed by atoms with E-state index in [1.54, 1.807) is 0 Å². The molecule has 6 aromatic rings. The van der Waals surface area contributed by atoms with E-state index in [1.807, 2.05) is 0 Å². The summed E-state index contributed by atoms with van der Waals surface area (Å²) in [5, 5.41) is 0. The van der Waals surface area contributed by atoms with Gasteiger partial charge in [0.05, 0.1) is 11.4 Å². The minimum absolute atomic E-state index is 0.581. The normalized spacial score (nSPS) is 16.1. The molecule has 46 heavy (non-hydrogen) atoms. The molecule has 2 heteroatoms. The van der Waals surface area contributed by atoms with Crippen molar-refractivity contribution in [2.24, 2.45) is 0 Å². The Morgan fingerprint density at radius 3 is 1.13 bits per heavy atom. The summed E-state index contributed by atoms with van der Waals surface area (Å²) in [4.78, 5) is 0. The van der Waals surface area contributed by atoms with Crippen molar-refractivity contribution >= 4 is 0 Å². The van der Waals surface area contributed by atoms with E-state index in [1.165, 1.54) is 120 Å². The number of hydrogen-bond acceptors (Lipinski definition) is 0. The molecule has 0 saturated heterocycles. The highest BCUT2D eigenvalue weighted by Gasteiger charge is 2.23. The highest BCUT2D eigenvalue weighted by atomic mass is 15.0. The van der Waals surface area contributed by atoms with Gasteiger partial charge in [0.15, 0.2) is 0 Å². The summed E-state index contributed by atoms with van der Waals surface area (Å²) in [5.41, 5.74) is 13.1. The number of benzene rings is 4. The summed E-state index contributed by atoms with van der Waals surface area (Å²) in [5.74, 6) is 0. The second kappa shape index (κ2) is 13.0. The zero-order valence-electron chi connectivity index (χ0n) is 26.8. The molecule has 4 aromatic carbocycles. The summed E-state index contributed by atoms with van der Waals surface area (Å²) < 4.78 is 5.17. The first kappa shape index (κ1) is 28.9. The van der Waals surface area contributed by atoms with Crippen molar-refractivity contribution in [3.63, 3.8) is 0 Å². The Morgan fingerprint density at radius 2 is 0.717 bits per heavy atom. The zero-order valence-corrected chi connectivity index (χ0v) is 26.8. The first-order valence-electron chi connectivity index (χ1n) is 17.6. The highest BCUT2D eigenvalue weighted by Crippen LogP contribution is 2.42. The molecule has 0 bridgehead atoms. The topological polar surface area (TPSA) is 9.86 Å². The van der Waals surface area contributed by atoms with Crippen LogP contribution in [0.15, 0.2) is 134 Å². The summed E-state index contributed by atoms with van der Waals surface area (Å²) >= 11 is 0. The molecule has 0 spiro atoms. The lowest BCUT2D eigenvalue weighted by atomic mass is 9.93. The molecule has 0 amide bonds. The maximum Gasteiger partial charge on any atom is 0.0562 e. The van der Waals surface area contributed by atoms with E-state index in [-0.39, 0.29) is 0 Å². The molecule has 0 radical (unpaired) electrons. The van der Waals surface area contributed by atoms with Gasteiger partial charge in [-0.25, -0.2) is 0 Å². The molecule has 8 rings (SSSR count). The molecule has 0 aliphatic heterocycles. The van der Waals surface area contributed by atoms with Gasteiger partial charge in [-0.1, -0.05) is 136 Å². The van der Waals surface area contributed by atoms with Gasteiger partial charge in [0.2, 0.25) is 0 Å². The zero-order chi connectivity index (χ0) is 30.7. The van der Waals surface area contributed by atoms with Crippen molar-refractivity contribution in [3.8, 4) is 55.9 Å². The standard InChI is InChI=1S/C44H44N2/c1-5-15-33(16-6-1)43-41(27-29-45(43)39-23-9-3-10-24-39)37-21-13-19-35(31-37)36-20-14-22-38(32-36)42-28-30-46(40-25-11-4-12-26-40)44(42)34-17-7-2-8-18-34/h1-2,5-8,13-22,27-32,39-40H,3-4,9-12,23-26H2. The fourth-order valence-electron chi connectivity index (χ4n) is 8.22. The predicted octanol–water partition coefficient (Wildman–Crippen LogP) is 12.6. The number of hydrogen-bond donors (Lipinski definition) is 0. The van der Waals surface area contributed by atoms with Gasteiger partial charge in [-0.15, -0.1) is 0 Å². The molecule has 0 atom stereocenters. The van der Waals surface area contributed by atoms with E-state index in [4.69, 9.17) is 0 Å². The Labute approximate surface area is 274 Å². The lowest BCUT2D eigenvalue weighted by molar-refractivity contribution is 0.356. The van der Waals surface area contributed by atoms with Crippen LogP contribution in [0.5, 0.6) is 0 Å². The number of nitrogens with zero attached hydrogens (tertiary/aromatic N) is 2. The van der Waals surface area contributed by atoms with Gasteiger partial charge < -0.3 is 9.13 Å². The van der Waals surface area contributed by atoms with Gasteiger partial charge in [0.25, 0.3) is 0 Å². The third kappa shape index (κ3) is 5.66. The van der Waals surface area contributed by atoms with Gasteiger partial charge in [-0.05, 0) is 83.3 Å². The van der Waals surface area contributed by atoms with Gasteiger partial charge in [-0.3, -0.25) is 0 Å². The number of aromatic nitrogens is 2. The number of rotatable bonds is 7. The Bertz CT molecular complexity index is 1760. The summed E-state index contributed by atoms with van der Waals surface area (Å²) in [7, 11) is 0. The van der Waals surface area contributed by atoms with Gasteiger partial charge in [0.1, 0.15) is 0 Å². The molecule has 2 nitrogen and oxygen atoms in total. The molecular formula is C44H44N2. The van der Waals surface area contributed by atoms with Crippen LogP contribution in [0, 0.1) is 0 Å². The minimum atomic E-state index is 0.581. The van der Waals surface area contributed by atoms with Crippen molar-refractivity contribution in [2.45, 2.75) is 76.3 Å². The third-order valence-corrected chi connectivity index (χ3v) is 10.5. The summed E-state index contributed by atoms with van der Waals surface area (Å²) in [6.07, 6.45) is 17.8. The largest absolute Gasteiger partial charge is 0.344 e. The van der Waals surface area contributed by atoms with Crippen LogP contribution in [0.1, 0.15) is 76.3 Å². The fraction of sp³-hybridized carbons (Fsp3) is 0.273. The highest BCUT2D eigenvalue weighted by molar-refractivity contribution is 5.87. The average molecular weight is 601 g/mol. The van der Waals surface area contributed by atoms with Crippen molar-refractivity contribution in [2.75, 3.05) is 0 Å². The molecule has 0 N–H and O–H groups in total. The van der Waals surface area contributed by atoms with Crippen LogP contribution in [-0.4, -0.2) is 9.13 Å². The monoisotopic (exact) mass is 600 g/mol. The van der Waals surface area contributed by atoms with Gasteiger partial charge in [0, 0.05) is 35.6 Å². The minimum Gasteiger partial charge on any atom is -0.344 e. The maximum absolute atomic E-state index is 2.58. The van der Waals surface area contributed by atoms with Crippen LogP contribution in [0.4, 0.5) is 0 Å². The summed E-state index contributed by atoms with van der Waals surface area (Å²) in [6.45, 7) is 0. The van der Waals surface area contributed by atoms with Crippen LogP contribution in [-0.2, 0) is 0 Å². The Balaban J connectivity index is 1.19. The van der Waals surface area contributed by atoms with Gasteiger partial charge >= 0.3 is 0 Å². The maximum atomic E-state index is 2.58. The van der Waals surface area contributed by atoms with E-state index >= 15 is 0 Å². The van der Waals surface area contributed by atoms with Crippen molar-refractivity contribution in [1.82, 2.24) is 9.13 Å². The Kier molecular flexibility index (Phi) is 8.19. The molecule has 0 unspecified atom stereocenters. The van der Waals surface area contributed by atoms with E-state index in [0.717, 1.165) is 0 Å². The lowest BCUT2D eigenvalue weighted by Crippen LogP contribution is -2.13. The summed E-state index contributed by atoms with van der Waals surface area (Å²) in [6, 6.07) is 46.3. The molecule has 2 aliphatic carbocycles. The second-order valence-corrected chi connectivity index (χ2v) is 13.4. The fourth-order valence-corrected chi connectivity index (χ4v) is 8.22. The lowest BCUT2D eigenvalue weighted by Gasteiger charge is -2.26. The van der Waals surface area contributed by atoms with E-state index in [9.17, 15) is 0 Å². The average Bonchev–Trinajstić information content (AvgIpc) is 3.79. The Hall–Kier alpha value is -4.56. The van der Waals surface area contributed by atoms with Crippen molar-refractivity contribution in [3.05, 3.63) is 134 Å². The molecular weight excluding hydrogens is 556 g/mol. The molecule has 2 fully saturated rings. The van der Waals surface area contributed by atoms with Crippen LogP contribution >= 0.6 is 0 Å². The third-order valence-electron chi connectivity index (χ3n) is 10.5. The molecule has 230 valence electrons. The van der Waals surface area contributed by atoms with E-state index < -0.39 is 0 Å². The Morgan fingerprint density at radius 1 is 0.348 bits per heavy atom. The smallest absolute Gasteiger partial charge is 0.0562 e. The van der Waals surface area contributed by atoms with Crippen molar-refractivity contribution < 1.29 is 0 Å². The molecule has 2 saturated carbocycles. The molecule has 2 aromatic heterocycles. The van der Waals surface area contributed by atoms with E-state index in [0.29, 0.717) is 12.1 Å². The van der Waals surface area contributed by atoms with Crippen LogP contribution in [0.2, 0.25) is 0 Å². The SMILES string of the molecule is c1ccc(-c2c(-c3cccc(-c4cccc(-c5ccn(C6CCCCC6)c5-c5ccccc5)c4)c3)ccn2C2CCCCC2)cc1. The van der Waals surface area contributed by atoms with Gasteiger partial charge in [-0.2, -0.15) is 0 Å². The van der Waals surface area contributed by atoms with Crippen LogP contribution in [0.25, 0.3) is 55.9 Å². The van der Waals surface area contributed by atoms with E-state index in [2.05, 4.69) is 143 Å². The van der Waals surface area contributed by atoms with Crippen LogP contribution < -0.4 is 0 Å². The predicted molar refractivity (Wildman–Crippen MR) is 194 cm³/mol. The molecule has 2 heterocycles. The first-order valence-corrected chi connectivity index (χ1v) is 17.6. The first-order chi connectivity index (χ1) is 22.8. The van der Waals surface area contributed by atoms with Crippen LogP contribution in [0.3, 0.4) is 0 Å².